The van der Waals surface area contributed by atoms with Gasteiger partial charge in [0, 0.05) is 6.42 Å². The highest BCUT2D eigenvalue weighted by Crippen LogP contribution is 2.15. The second kappa shape index (κ2) is 13.5. The van der Waals surface area contributed by atoms with E-state index in [-0.39, 0.29) is 30.8 Å². The molecule has 0 bridgehead atoms. The summed E-state index contributed by atoms with van der Waals surface area (Å²) in [6.07, 6.45) is -2.53. The molecular weight excluding hydrogens is 468 g/mol. The lowest BCUT2D eigenvalue weighted by Crippen LogP contribution is -2.16. The molecule has 0 fully saturated rings. The van der Waals surface area contributed by atoms with Gasteiger partial charge >= 0.3 is 24.2 Å². The van der Waals surface area contributed by atoms with E-state index in [2.05, 4.69) is 39.1 Å². The predicted molar refractivity (Wildman–Crippen MR) is 114 cm³/mol. The van der Waals surface area contributed by atoms with E-state index in [9.17, 15) is 19.2 Å². The number of carbonyl (C=O) groups excluding carboxylic acids is 4. The van der Waals surface area contributed by atoms with Crippen LogP contribution in [0.2, 0.25) is 0 Å². The van der Waals surface area contributed by atoms with Crippen molar-refractivity contribution in [3.8, 4) is 0 Å². The van der Waals surface area contributed by atoms with Crippen LogP contribution in [0.4, 0.5) is 9.59 Å². The molecule has 12 nitrogen and oxygen atoms in total. The third-order valence-electron chi connectivity index (χ3n) is 4.52. The fourth-order valence-electron chi connectivity index (χ4n) is 2.93. The fourth-order valence-corrected chi connectivity index (χ4v) is 2.93. The molecule has 0 aliphatic rings. The molecule has 2 aromatic carbocycles. The van der Waals surface area contributed by atoms with Gasteiger partial charge < -0.3 is 9.47 Å². The highest BCUT2D eigenvalue weighted by molar-refractivity contribution is 5.92. The van der Waals surface area contributed by atoms with E-state index in [1.54, 1.807) is 64.1 Å². The molecule has 0 spiro atoms. The summed E-state index contributed by atoms with van der Waals surface area (Å²) < 4.78 is 9.27. The molecule has 0 aromatic heterocycles. The molecule has 0 radical (unpaired) electrons. The Morgan fingerprint density at radius 3 is 1.26 bits per heavy atom. The van der Waals surface area contributed by atoms with Crippen LogP contribution in [-0.2, 0) is 39.1 Å². The van der Waals surface area contributed by atoms with Crippen molar-refractivity contribution in [2.45, 2.75) is 34.1 Å². The zero-order valence-corrected chi connectivity index (χ0v) is 19.5. The molecular formula is C23H24O12. The van der Waals surface area contributed by atoms with E-state index in [1.807, 2.05) is 0 Å². The van der Waals surface area contributed by atoms with E-state index >= 15 is 0 Å². The Labute approximate surface area is 200 Å². The number of hydrogen-bond donors (Lipinski definition) is 0. The van der Waals surface area contributed by atoms with Crippen LogP contribution >= 0.6 is 0 Å². The molecule has 0 unspecified atom stereocenters. The summed E-state index contributed by atoms with van der Waals surface area (Å²) in [5.74, 6) is -1.69. The Bertz CT molecular complexity index is 938. The normalized spacial score (nSPS) is 10.2. The highest BCUT2D eigenvalue weighted by atomic mass is 17.5. The molecule has 2 rings (SSSR count). The average molecular weight is 492 g/mol. The van der Waals surface area contributed by atoms with Crippen molar-refractivity contribution in [2.24, 2.45) is 0 Å². The van der Waals surface area contributed by atoms with Gasteiger partial charge in [-0.3, -0.25) is 9.78 Å². The van der Waals surface area contributed by atoms with E-state index in [0.717, 1.165) is 0 Å². The number of rotatable bonds is 10. The first kappa shape index (κ1) is 27.1. The Morgan fingerprint density at radius 1 is 0.571 bits per heavy atom. The second-order valence-corrected chi connectivity index (χ2v) is 7.13. The Balaban J connectivity index is 1.54. The summed E-state index contributed by atoms with van der Waals surface area (Å²) in [6.45, 7) is 6.37. The van der Waals surface area contributed by atoms with Crippen molar-refractivity contribution in [1.82, 2.24) is 0 Å². The van der Waals surface area contributed by atoms with Crippen molar-refractivity contribution in [3.63, 3.8) is 0 Å². The molecule has 0 amide bonds. The van der Waals surface area contributed by atoms with Gasteiger partial charge in [0.1, 0.15) is 0 Å². The lowest BCUT2D eigenvalue weighted by Gasteiger charge is -2.08. The minimum atomic E-state index is -1.29. The second-order valence-electron chi connectivity index (χ2n) is 7.13. The highest BCUT2D eigenvalue weighted by Gasteiger charge is 2.18. The zero-order valence-electron chi connectivity index (χ0n) is 19.5. The first-order chi connectivity index (χ1) is 16.7. The van der Waals surface area contributed by atoms with Crippen LogP contribution in [0.25, 0.3) is 0 Å². The van der Waals surface area contributed by atoms with Crippen molar-refractivity contribution >= 4 is 24.2 Å². The molecule has 0 heterocycles. The molecule has 0 saturated carbocycles. The quantitative estimate of drug-likeness (QED) is 0.202. The monoisotopic (exact) mass is 492 g/mol. The van der Waals surface area contributed by atoms with Gasteiger partial charge in [-0.05, 0) is 49.9 Å². The summed E-state index contributed by atoms with van der Waals surface area (Å²) in [5.41, 5.74) is 3.18. The number of benzene rings is 2. The van der Waals surface area contributed by atoms with Crippen LogP contribution in [0.1, 0.15) is 49.4 Å². The molecule has 188 valence electrons. The largest absolute Gasteiger partial charge is 0.543 e. The molecule has 0 aliphatic heterocycles. The summed E-state index contributed by atoms with van der Waals surface area (Å²) in [4.78, 5) is 63.9. The Morgan fingerprint density at radius 2 is 0.914 bits per heavy atom. The molecule has 12 heteroatoms. The molecule has 0 aliphatic carbocycles. The predicted octanol–water partition coefficient (Wildman–Crippen LogP) is 4.32. The van der Waals surface area contributed by atoms with Gasteiger partial charge in [-0.15, -0.1) is 0 Å². The first-order valence-electron chi connectivity index (χ1n) is 10.3. The standard InChI is InChI=1S/C23H24O12/c1-14-8-5-9-15(2)18(14)20(24)30-34-32-22(26)28-12-7-13-29-23(27)33-35-31-21(25)19-16(3)10-6-11-17(19)4/h5-6,8-11H,7,12-13H2,1-4H3. The minimum absolute atomic E-state index is 0.0502. The Hall–Kier alpha value is -4.16. The molecule has 0 N–H and O–H groups in total. The maximum absolute atomic E-state index is 12.0. The van der Waals surface area contributed by atoms with Crippen LogP contribution < -0.4 is 0 Å². The number of ether oxygens (including phenoxy) is 2. The van der Waals surface area contributed by atoms with Crippen LogP contribution in [0.3, 0.4) is 0 Å². The van der Waals surface area contributed by atoms with Gasteiger partial charge in [-0.1, -0.05) is 36.4 Å². The minimum Gasteiger partial charge on any atom is -0.432 e. The SMILES string of the molecule is Cc1cccc(C)c1C(=O)OOOC(=O)OCCCOC(=O)OOOC(=O)c1c(C)cccc1C. The number of hydrogen-bond acceptors (Lipinski definition) is 12. The number of aryl methyl sites for hydroxylation is 4. The van der Waals surface area contributed by atoms with Crippen LogP contribution in [0.5, 0.6) is 0 Å². The van der Waals surface area contributed by atoms with Crippen molar-refractivity contribution in [3.05, 3.63) is 69.8 Å². The van der Waals surface area contributed by atoms with Gasteiger partial charge in [0.15, 0.2) is 0 Å². The van der Waals surface area contributed by atoms with Crippen LogP contribution in [-0.4, -0.2) is 37.5 Å². The van der Waals surface area contributed by atoms with Gasteiger partial charge in [0.2, 0.25) is 0 Å². The van der Waals surface area contributed by atoms with E-state index < -0.39 is 24.2 Å². The lowest BCUT2D eigenvalue weighted by molar-refractivity contribution is -0.452. The topological polar surface area (TPSA) is 142 Å². The van der Waals surface area contributed by atoms with Gasteiger partial charge in [0.05, 0.1) is 34.4 Å². The van der Waals surface area contributed by atoms with Crippen molar-refractivity contribution in [2.75, 3.05) is 13.2 Å². The first-order valence-corrected chi connectivity index (χ1v) is 10.3. The smallest absolute Gasteiger partial charge is 0.432 e. The summed E-state index contributed by atoms with van der Waals surface area (Å²) in [7, 11) is 0. The average Bonchev–Trinajstić information content (AvgIpc) is 2.78. The summed E-state index contributed by atoms with van der Waals surface area (Å²) in [6, 6.07) is 10.4. The third-order valence-corrected chi connectivity index (χ3v) is 4.52. The van der Waals surface area contributed by atoms with Gasteiger partial charge in [-0.2, -0.15) is 0 Å². The van der Waals surface area contributed by atoms with E-state index in [1.165, 1.54) is 0 Å². The summed E-state index contributed by atoms with van der Waals surface area (Å²) >= 11 is 0. The maximum atomic E-state index is 12.0. The zero-order chi connectivity index (χ0) is 25.8. The molecule has 0 atom stereocenters. The van der Waals surface area contributed by atoms with Gasteiger partial charge in [-0.25, -0.2) is 29.0 Å². The lowest BCUT2D eigenvalue weighted by atomic mass is 10.0. The van der Waals surface area contributed by atoms with E-state index in [4.69, 9.17) is 0 Å². The molecule has 2 aromatic rings. The van der Waals surface area contributed by atoms with Crippen molar-refractivity contribution < 1.29 is 58.3 Å². The van der Waals surface area contributed by atoms with E-state index in [0.29, 0.717) is 22.3 Å². The van der Waals surface area contributed by atoms with Crippen LogP contribution in [0.15, 0.2) is 36.4 Å². The molecule has 35 heavy (non-hydrogen) atoms. The van der Waals surface area contributed by atoms with Crippen molar-refractivity contribution in [1.29, 1.82) is 0 Å². The Kier molecular flexibility index (Phi) is 10.5. The van der Waals surface area contributed by atoms with Gasteiger partial charge in [0.25, 0.3) is 0 Å². The third kappa shape index (κ3) is 8.61. The van der Waals surface area contributed by atoms with Crippen LogP contribution in [0, 0.1) is 27.7 Å². The molecule has 0 saturated heterocycles. The maximum Gasteiger partial charge on any atom is 0.543 e. The fraction of sp³-hybridized carbons (Fsp3) is 0.304. The number of carbonyl (C=O) groups is 4. The summed E-state index contributed by atoms with van der Waals surface area (Å²) in [5, 5.41) is 8.28.